The Morgan fingerprint density at radius 3 is 2.67 bits per heavy atom. The fraction of sp³-hybridized carbons (Fsp3) is 0.444. The number of rotatable bonds is 1. The molecule has 1 amide bonds. The van der Waals surface area contributed by atoms with E-state index >= 15 is 0 Å². The number of likely N-dealkylation sites (tertiary alicyclic amines) is 1. The first-order chi connectivity index (χ1) is 5.79. The summed E-state index contributed by atoms with van der Waals surface area (Å²) in [6.07, 6.45) is 3.04. The van der Waals surface area contributed by atoms with Gasteiger partial charge in [0.15, 0.2) is 0 Å². The lowest BCUT2D eigenvalue weighted by molar-refractivity contribution is 0.0642. The second-order valence-electron chi connectivity index (χ2n) is 3.15. The standard InChI is InChI=1S/C9H12N2O/c1-10-5-2-4-8(10)9(12)11-6-3-7-11/h2,4-5H,3,6-7H2,1H3. The molecule has 1 saturated heterocycles. The molecule has 0 bridgehead atoms. The van der Waals surface area contributed by atoms with Crippen molar-refractivity contribution in [3.8, 4) is 0 Å². The molecule has 3 heteroatoms. The van der Waals surface area contributed by atoms with Crippen LogP contribution in [0.3, 0.4) is 0 Å². The van der Waals surface area contributed by atoms with Gasteiger partial charge in [0.1, 0.15) is 5.69 Å². The predicted molar refractivity (Wildman–Crippen MR) is 45.9 cm³/mol. The Kier molecular flexibility index (Phi) is 1.64. The molecule has 64 valence electrons. The molecule has 12 heavy (non-hydrogen) atoms. The van der Waals surface area contributed by atoms with Gasteiger partial charge >= 0.3 is 0 Å². The molecule has 0 aromatic carbocycles. The molecular weight excluding hydrogens is 152 g/mol. The summed E-state index contributed by atoms with van der Waals surface area (Å²) in [7, 11) is 1.90. The van der Waals surface area contributed by atoms with E-state index in [4.69, 9.17) is 0 Å². The minimum absolute atomic E-state index is 0.161. The van der Waals surface area contributed by atoms with Gasteiger partial charge in [-0.3, -0.25) is 4.79 Å². The van der Waals surface area contributed by atoms with Crippen LogP contribution in [0, 0.1) is 0 Å². The lowest BCUT2D eigenvalue weighted by atomic mass is 10.2. The molecule has 2 rings (SSSR count). The van der Waals surface area contributed by atoms with Crippen LogP contribution in [0.25, 0.3) is 0 Å². The molecule has 1 aliphatic rings. The zero-order valence-electron chi connectivity index (χ0n) is 7.16. The van der Waals surface area contributed by atoms with Crippen LogP contribution in [0.1, 0.15) is 16.9 Å². The number of amides is 1. The third kappa shape index (κ3) is 1.02. The molecule has 2 heterocycles. The predicted octanol–water partition coefficient (Wildman–Crippen LogP) is 0.871. The molecule has 0 N–H and O–H groups in total. The van der Waals surface area contributed by atoms with Gasteiger partial charge in [0.2, 0.25) is 0 Å². The minimum Gasteiger partial charge on any atom is -0.347 e. The summed E-state index contributed by atoms with van der Waals surface area (Å²) in [5.41, 5.74) is 0.787. The zero-order chi connectivity index (χ0) is 8.55. The van der Waals surface area contributed by atoms with Crippen molar-refractivity contribution in [2.24, 2.45) is 7.05 Å². The van der Waals surface area contributed by atoms with Crippen molar-refractivity contribution >= 4 is 5.91 Å². The molecule has 0 atom stereocenters. The van der Waals surface area contributed by atoms with Crippen LogP contribution in [0.2, 0.25) is 0 Å². The quantitative estimate of drug-likeness (QED) is 0.604. The number of carbonyl (C=O) groups excluding carboxylic acids is 1. The van der Waals surface area contributed by atoms with Crippen LogP contribution in [0.15, 0.2) is 18.3 Å². The monoisotopic (exact) mass is 164 g/mol. The molecular formula is C9H12N2O. The molecule has 0 spiro atoms. The molecule has 0 aliphatic carbocycles. The van der Waals surface area contributed by atoms with E-state index < -0.39 is 0 Å². The highest BCUT2D eigenvalue weighted by Gasteiger charge is 2.22. The highest BCUT2D eigenvalue weighted by molar-refractivity contribution is 5.93. The molecule has 0 radical (unpaired) electrons. The lowest BCUT2D eigenvalue weighted by Gasteiger charge is -2.30. The number of carbonyl (C=O) groups is 1. The minimum atomic E-state index is 0.161. The highest BCUT2D eigenvalue weighted by atomic mass is 16.2. The van der Waals surface area contributed by atoms with Crippen molar-refractivity contribution in [2.45, 2.75) is 6.42 Å². The Morgan fingerprint density at radius 2 is 2.25 bits per heavy atom. The Hall–Kier alpha value is -1.25. The molecule has 3 nitrogen and oxygen atoms in total. The Balaban J connectivity index is 2.19. The van der Waals surface area contributed by atoms with Gasteiger partial charge in [-0.05, 0) is 18.6 Å². The summed E-state index contributed by atoms with van der Waals surface area (Å²) >= 11 is 0. The van der Waals surface area contributed by atoms with Gasteiger partial charge in [-0.25, -0.2) is 0 Å². The number of hydrogen-bond acceptors (Lipinski definition) is 1. The average Bonchev–Trinajstić information content (AvgIpc) is 2.31. The fourth-order valence-corrected chi connectivity index (χ4v) is 1.36. The van der Waals surface area contributed by atoms with Crippen molar-refractivity contribution < 1.29 is 4.79 Å². The van der Waals surface area contributed by atoms with Gasteiger partial charge in [-0.1, -0.05) is 0 Å². The highest BCUT2D eigenvalue weighted by Crippen LogP contribution is 2.11. The van der Waals surface area contributed by atoms with Crippen molar-refractivity contribution in [3.63, 3.8) is 0 Å². The summed E-state index contributed by atoms with van der Waals surface area (Å²) < 4.78 is 1.86. The van der Waals surface area contributed by atoms with Crippen LogP contribution in [-0.4, -0.2) is 28.5 Å². The number of hydrogen-bond donors (Lipinski definition) is 0. The van der Waals surface area contributed by atoms with Crippen LogP contribution < -0.4 is 0 Å². The van der Waals surface area contributed by atoms with Gasteiger partial charge in [0, 0.05) is 26.3 Å². The van der Waals surface area contributed by atoms with Gasteiger partial charge in [0.05, 0.1) is 0 Å². The maximum atomic E-state index is 11.6. The van der Waals surface area contributed by atoms with Gasteiger partial charge < -0.3 is 9.47 Å². The van der Waals surface area contributed by atoms with E-state index in [0.717, 1.165) is 25.2 Å². The van der Waals surface area contributed by atoms with Crippen LogP contribution in [0.5, 0.6) is 0 Å². The number of nitrogens with zero attached hydrogens (tertiary/aromatic N) is 2. The number of aryl methyl sites for hydroxylation is 1. The molecule has 1 aliphatic heterocycles. The van der Waals surface area contributed by atoms with E-state index in [9.17, 15) is 4.79 Å². The van der Waals surface area contributed by atoms with Crippen molar-refractivity contribution in [1.82, 2.24) is 9.47 Å². The molecule has 0 saturated carbocycles. The SMILES string of the molecule is Cn1cccc1C(=O)N1CCC1. The summed E-state index contributed by atoms with van der Waals surface area (Å²) in [6, 6.07) is 3.76. The molecule has 1 fully saturated rings. The topological polar surface area (TPSA) is 25.2 Å². The lowest BCUT2D eigenvalue weighted by Crippen LogP contribution is -2.42. The first kappa shape index (κ1) is 7.40. The zero-order valence-corrected chi connectivity index (χ0v) is 7.16. The van der Waals surface area contributed by atoms with Crippen LogP contribution >= 0.6 is 0 Å². The maximum absolute atomic E-state index is 11.6. The third-order valence-corrected chi connectivity index (χ3v) is 2.31. The van der Waals surface area contributed by atoms with Crippen LogP contribution in [0.4, 0.5) is 0 Å². The fourth-order valence-electron chi connectivity index (χ4n) is 1.36. The molecule has 1 aromatic heterocycles. The van der Waals surface area contributed by atoms with E-state index in [0.29, 0.717) is 0 Å². The average molecular weight is 164 g/mol. The summed E-state index contributed by atoms with van der Waals surface area (Å²) in [5.74, 6) is 0.161. The number of aromatic nitrogens is 1. The second kappa shape index (κ2) is 2.66. The summed E-state index contributed by atoms with van der Waals surface area (Å²) in [6.45, 7) is 1.84. The van der Waals surface area contributed by atoms with E-state index in [2.05, 4.69) is 0 Å². The Bertz CT molecular complexity index is 299. The maximum Gasteiger partial charge on any atom is 0.270 e. The smallest absolute Gasteiger partial charge is 0.270 e. The first-order valence-corrected chi connectivity index (χ1v) is 4.19. The molecule has 1 aromatic rings. The van der Waals surface area contributed by atoms with Crippen LogP contribution in [-0.2, 0) is 7.05 Å². The Labute approximate surface area is 71.6 Å². The first-order valence-electron chi connectivity index (χ1n) is 4.19. The van der Waals surface area contributed by atoms with Gasteiger partial charge in [0.25, 0.3) is 5.91 Å². The Morgan fingerprint density at radius 1 is 1.50 bits per heavy atom. The summed E-state index contributed by atoms with van der Waals surface area (Å²) in [5, 5.41) is 0. The largest absolute Gasteiger partial charge is 0.347 e. The van der Waals surface area contributed by atoms with E-state index in [-0.39, 0.29) is 5.91 Å². The van der Waals surface area contributed by atoms with Gasteiger partial charge in [-0.2, -0.15) is 0 Å². The normalized spacial score (nSPS) is 15.9. The van der Waals surface area contributed by atoms with Gasteiger partial charge in [-0.15, -0.1) is 0 Å². The van der Waals surface area contributed by atoms with Crippen molar-refractivity contribution in [1.29, 1.82) is 0 Å². The third-order valence-electron chi connectivity index (χ3n) is 2.31. The van der Waals surface area contributed by atoms with E-state index in [1.165, 1.54) is 0 Å². The second-order valence-corrected chi connectivity index (χ2v) is 3.15. The van der Waals surface area contributed by atoms with E-state index in [1.807, 2.05) is 34.8 Å². The summed E-state index contributed by atoms with van der Waals surface area (Å²) in [4.78, 5) is 13.5. The van der Waals surface area contributed by atoms with Crippen molar-refractivity contribution in [2.75, 3.05) is 13.1 Å². The van der Waals surface area contributed by atoms with E-state index in [1.54, 1.807) is 0 Å². The molecule has 0 unspecified atom stereocenters. The van der Waals surface area contributed by atoms with Crippen molar-refractivity contribution in [3.05, 3.63) is 24.0 Å².